The Kier molecular flexibility index (Phi) is 3.20. The lowest BCUT2D eigenvalue weighted by Gasteiger charge is -2.10. The Morgan fingerprint density at radius 3 is 2.67 bits per heavy atom. The number of pyridine rings is 1. The van der Waals surface area contributed by atoms with Crippen molar-refractivity contribution in [2.75, 3.05) is 5.32 Å². The van der Waals surface area contributed by atoms with Crippen molar-refractivity contribution in [1.29, 1.82) is 5.26 Å². The first-order valence-electron chi connectivity index (χ1n) is 6.20. The Morgan fingerprint density at radius 1 is 1.05 bits per heavy atom. The maximum Gasteiger partial charge on any atom is 0.182 e. The third kappa shape index (κ3) is 2.39. The first-order valence-corrected chi connectivity index (χ1v) is 6.20. The lowest BCUT2D eigenvalue weighted by Crippen LogP contribution is -2.01. The van der Waals surface area contributed by atoms with Crippen LogP contribution in [0.15, 0.2) is 48.5 Å². The number of nitriles is 1. The molecule has 3 aromatic rings. The van der Waals surface area contributed by atoms with Crippen molar-refractivity contribution in [2.45, 2.75) is 0 Å². The average Bonchev–Trinajstić information content (AvgIpc) is 2.51. The van der Waals surface area contributed by atoms with E-state index in [9.17, 15) is 14.0 Å². The third-order valence-electron chi connectivity index (χ3n) is 3.05. The number of halogens is 2. The molecule has 3 nitrogen and oxygen atoms in total. The van der Waals surface area contributed by atoms with Crippen molar-refractivity contribution >= 4 is 22.4 Å². The second-order valence-electron chi connectivity index (χ2n) is 4.42. The van der Waals surface area contributed by atoms with Crippen LogP contribution in [0.25, 0.3) is 10.9 Å². The Bertz CT molecular complexity index is 869. The van der Waals surface area contributed by atoms with Crippen molar-refractivity contribution in [1.82, 2.24) is 4.98 Å². The second kappa shape index (κ2) is 5.17. The minimum Gasteiger partial charge on any atom is -0.337 e. The zero-order valence-electron chi connectivity index (χ0n) is 10.8. The molecule has 0 aliphatic carbocycles. The second-order valence-corrected chi connectivity index (χ2v) is 4.42. The average molecular weight is 281 g/mol. The molecule has 0 fully saturated rings. The summed E-state index contributed by atoms with van der Waals surface area (Å²) >= 11 is 0. The summed E-state index contributed by atoms with van der Waals surface area (Å²) in [7, 11) is 0. The zero-order chi connectivity index (χ0) is 14.8. The van der Waals surface area contributed by atoms with E-state index >= 15 is 0 Å². The Morgan fingerprint density at radius 2 is 1.86 bits per heavy atom. The monoisotopic (exact) mass is 281 g/mol. The van der Waals surface area contributed by atoms with Crippen LogP contribution in [0.4, 0.5) is 20.3 Å². The molecule has 0 unspecified atom stereocenters. The summed E-state index contributed by atoms with van der Waals surface area (Å²) in [6.07, 6.45) is 0. The molecule has 102 valence electrons. The van der Waals surface area contributed by atoms with E-state index in [4.69, 9.17) is 0 Å². The van der Waals surface area contributed by atoms with Gasteiger partial charge in [-0.05, 0) is 24.3 Å². The standard InChI is InChI=1S/C16H9F2N3/c17-12-5-3-7-14(15(12)18)21-16-11(9-19)8-10-4-1-2-6-13(10)20-16/h1-8H,(H,20,21). The Balaban J connectivity index is 2.11. The van der Waals surface area contributed by atoms with Gasteiger partial charge in [-0.1, -0.05) is 24.3 Å². The summed E-state index contributed by atoms with van der Waals surface area (Å²) in [6.45, 7) is 0. The van der Waals surface area contributed by atoms with Crippen molar-refractivity contribution < 1.29 is 8.78 Å². The predicted octanol–water partition coefficient (Wildman–Crippen LogP) is 4.13. The third-order valence-corrected chi connectivity index (χ3v) is 3.05. The van der Waals surface area contributed by atoms with Crippen LogP contribution in [0.3, 0.4) is 0 Å². The molecular weight excluding hydrogens is 272 g/mol. The van der Waals surface area contributed by atoms with E-state index in [-0.39, 0.29) is 17.1 Å². The fraction of sp³-hybridized carbons (Fsp3) is 0. The number of aromatic nitrogens is 1. The number of nitrogens with one attached hydrogen (secondary N) is 1. The number of benzene rings is 2. The molecule has 5 heteroatoms. The summed E-state index contributed by atoms with van der Waals surface area (Å²) in [6, 6.07) is 14.7. The fourth-order valence-electron chi connectivity index (χ4n) is 2.02. The largest absolute Gasteiger partial charge is 0.337 e. The summed E-state index contributed by atoms with van der Waals surface area (Å²) in [5.74, 6) is -1.77. The van der Waals surface area contributed by atoms with E-state index in [0.29, 0.717) is 5.52 Å². The first-order chi connectivity index (χ1) is 10.2. The molecule has 0 atom stereocenters. The van der Waals surface area contributed by atoms with Gasteiger partial charge in [0.2, 0.25) is 0 Å². The first kappa shape index (κ1) is 13.0. The number of hydrogen-bond acceptors (Lipinski definition) is 3. The van der Waals surface area contributed by atoms with Gasteiger partial charge in [0.25, 0.3) is 0 Å². The predicted molar refractivity (Wildman–Crippen MR) is 76.1 cm³/mol. The van der Waals surface area contributed by atoms with Gasteiger partial charge in [-0.25, -0.2) is 13.8 Å². The number of hydrogen-bond donors (Lipinski definition) is 1. The molecular formula is C16H9F2N3. The van der Waals surface area contributed by atoms with Crippen LogP contribution < -0.4 is 5.32 Å². The molecule has 0 spiro atoms. The molecule has 3 rings (SSSR count). The van der Waals surface area contributed by atoms with E-state index in [1.807, 2.05) is 24.3 Å². The Hall–Kier alpha value is -3.00. The van der Waals surface area contributed by atoms with Gasteiger partial charge >= 0.3 is 0 Å². The topological polar surface area (TPSA) is 48.7 Å². The molecule has 0 amide bonds. The van der Waals surface area contributed by atoms with Gasteiger partial charge in [0, 0.05) is 5.39 Å². The maximum absolute atomic E-state index is 13.7. The lowest BCUT2D eigenvalue weighted by molar-refractivity contribution is 0.511. The van der Waals surface area contributed by atoms with E-state index in [0.717, 1.165) is 11.5 Å². The lowest BCUT2D eigenvalue weighted by atomic mass is 10.1. The van der Waals surface area contributed by atoms with Crippen molar-refractivity contribution in [2.24, 2.45) is 0 Å². The number of rotatable bonds is 2. The van der Waals surface area contributed by atoms with E-state index in [1.165, 1.54) is 12.1 Å². The minimum absolute atomic E-state index is 0.0609. The summed E-state index contributed by atoms with van der Waals surface area (Å²) < 4.78 is 26.9. The number of nitrogens with zero attached hydrogens (tertiary/aromatic N) is 2. The van der Waals surface area contributed by atoms with Crippen LogP contribution >= 0.6 is 0 Å². The highest BCUT2D eigenvalue weighted by Gasteiger charge is 2.11. The smallest absolute Gasteiger partial charge is 0.182 e. The normalized spacial score (nSPS) is 10.3. The van der Waals surface area contributed by atoms with E-state index in [1.54, 1.807) is 12.1 Å². The Labute approximate surface area is 119 Å². The highest BCUT2D eigenvalue weighted by atomic mass is 19.2. The SMILES string of the molecule is N#Cc1cc2ccccc2nc1Nc1cccc(F)c1F. The molecule has 2 aromatic carbocycles. The van der Waals surface area contributed by atoms with Gasteiger partial charge in [-0.2, -0.15) is 5.26 Å². The maximum atomic E-state index is 13.7. The highest BCUT2D eigenvalue weighted by molar-refractivity contribution is 5.83. The van der Waals surface area contributed by atoms with Crippen LogP contribution in [-0.2, 0) is 0 Å². The summed E-state index contributed by atoms with van der Waals surface area (Å²) in [5, 5.41) is 12.7. The molecule has 0 aliphatic heterocycles. The van der Waals surface area contributed by atoms with E-state index in [2.05, 4.69) is 10.3 Å². The number of para-hydroxylation sites is 1. The zero-order valence-corrected chi connectivity index (χ0v) is 10.8. The van der Waals surface area contributed by atoms with Crippen molar-refractivity contribution in [3.63, 3.8) is 0 Å². The van der Waals surface area contributed by atoms with Gasteiger partial charge in [-0.15, -0.1) is 0 Å². The molecule has 21 heavy (non-hydrogen) atoms. The van der Waals surface area contributed by atoms with Crippen LogP contribution in [0.2, 0.25) is 0 Å². The van der Waals surface area contributed by atoms with Crippen molar-refractivity contribution in [3.05, 3.63) is 65.7 Å². The molecule has 1 heterocycles. The van der Waals surface area contributed by atoms with Gasteiger partial charge in [0.1, 0.15) is 11.9 Å². The minimum atomic E-state index is -1.00. The number of anilines is 2. The van der Waals surface area contributed by atoms with Crippen LogP contribution in [0.1, 0.15) is 5.56 Å². The van der Waals surface area contributed by atoms with Crippen LogP contribution in [0, 0.1) is 23.0 Å². The molecule has 0 aliphatic rings. The molecule has 0 saturated heterocycles. The fourth-order valence-corrected chi connectivity index (χ4v) is 2.02. The van der Waals surface area contributed by atoms with Gasteiger partial charge < -0.3 is 5.32 Å². The van der Waals surface area contributed by atoms with Crippen LogP contribution in [0.5, 0.6) is 0 Å². The summed E-state index contributed by atoms with van der Waals surface area (Å²) in [4.78, 5) is 4.29. The molecule has 0 bridgehead atoms. The molecule has 1 aromatic heterocycles. The van der Waals surface area contributed by atoms with Gasteiger partial charge in [0.05, 0.1) is 16.8 Å². The molecule has 1 N–H and O–H groups in total. The quantitative estimate of drug-likeness (QED) is 0.768. The van der Waals surface area contributed by atoms with Gasteiger partial charge in [0.15, 0.2) is 11.6 Å². The van der Waals surface area contributed by atoms with E-state index < -0.39 is 11.6 Å². The van der Waals surface area contributed by atoms with Crippen molar-refractivity contribution in [3.8, 4) is 6.07 Å². The molecule has 0 radical (unpaired) electrons. The summed E-state index contributed by atoms with van der Waals surface area (Å²) in [5.41, 5.74) is 0.863. The van der Waals surface area contributed by atoms with Gasteiger partial charge in [-0.3, -0.25) is 0 Å². The number of fused-ring (bicyclic) bond motifs is 1. The highest BCUT2D eigenvalue weighted by Crippen LogP contribution is 2.25. The molecule has 0 saturated carbocycles. The van der Waals surface area contributed by atoms with Crippen LogP contribution in [-0.4, -0.2) is 4.98 Å².